The van der Waals surface area contributed by atoms with Gasteiger partial charge in [-0.25, -0.2) is 102 Å². The van der Waals surface area contributed by atoms with Gasteiger partial charge in [-0.05, 0) is 0 Å². The highest BCUT2D eigenvalue weighted by Gasteiger charge is 2.30. The quantitative estimate of drug-likeness (QED) is 0.103. The van der Waals surface area contributed by atoms with Gasteiger partial charge in [0.05, 0.1) is 6.57 Å². The SMILES string of the molecule is [C-]#[N+]C(=C1N=c2c(F)c(F)c(F)c(F)c2=N1)c1nc(C(C#N)=C2N=c3c(F)c(F)c(F)c(F)c3=N2)nc(C(C#N)=C2N=c3c(F)c(F)c(F)c(F)c3=N2)n1. The van der Waals surface area contributed by atoms with Gasteiger partial charge < -0.3 is 0 Å². The third kappa shape index (κ3) is 4.90. The zero-order chi connectivity index (χ0) is 39.1. The number of hydrogen-bond acceptors (Lipinski definition) is 11. The molecule has 54 heavy (non-hydrogen) atoms. The van der Waals surface area contributed by atoms with Crippen LogP contribution in [0.25, 0.3) is 21.7 Å². The zero-order valence-corrected chi connectivity index (χ0v) is 24.9. The van der Waals surface area contributed by atoms with Crippen LogP contribution in [0, 0.1) is 99.0 Å². The predicted octanol–water partition coefficient (Wildman–Crippen LogP) is 2.33. The maximum atomic E-state index is 14.5. The molecule has 3 aliphatic rings. The van der Waals surface area contributed by atoms with Crippen molar-refractivity contribution in [2.24, 2.45) is 30.0 Å². The Balaban J connectivity index is 1.56. The van der Waals surface area contributed by atoms with Gasteiger partial charge in [0.15, 0.2) is 105 Å². The smallest absolute Gasteiger partial charge is 0.235 e. The van der Waals surface area contributed by atoms with E-state index in [0.29, 0.717) is 0 Å². The molecule has 12 nitrogen and oxygen atoms in total. The highest BCUT2D eigenvalue weighted by molar-refractivity contribution is 5.80. The second-order valence-electron chi connectivity index (χ2n) is 10.2. The number of benzene rings is 3. The molecule has 0 atom stereocenters. The van der Waals surface area contributed by atoms with Gasteiger partial charge in [-0.3, -0.25) is 0 Å². The van der Waals surface area contributed by atoms with Gasteiger partial charge in [0.1, 0.15) is 55.4 Å². The largest absolute Gasteiger partial charge is 0.274 e. The molecule has 4 aromatic rings. The number of fused-ring (bicyclic) bond motifs is 3. The molecule has 0 aliphatic carbocycles. The number of aromatic nitrogens is 3. The molecular formula is C30F12N12. The van der Waals surface area contributed by atoms with Gasteiger partial charge in [0, 0.05) is 0 Å². The van der Waals surface area contributed by atoms with E-state index in [1.807, 2.05) is 0 Å². The fraction of sp³-hybridized carbons (Fsp3) is 0. The summed E-state index contributed by atoms with van der Waals surface area (Å²) in [7, 11) is 0. The van der Waals surface area contributed by atoms with Crippen molar-refractivity contribution in [1.29, 1.82) is 10.5 Å². The Kier molecular flexibility index (Phi) is 7.87. The molecule has 0 amide bonds. The Labute approximate surface area is 285 Å². The highest BCUT2D eigenvalue weighted by atomic mass is 19.2. The summed E-state index contributed by atoms with van der Waals surface area (Å²) >= 11 is 0. The van der Waals surface area contributed by atoms with Crippen molar-refractivity contribution in [1.82, 2.24) is 15.0 Å². The summed E-state index contributed by atoms with van der Waals surface area (Å²) < 4.78 is 171. The van der Waals surface area contributed by atoms with E-state index in [-0.39, 0.29) is 0 Å². The molecule has 0 saturated carbocycles. The summed E-state index contributed by atoms with van der Waals surface area (Å²) in [5, 5.41) is 12.6. The van der Waals surface area contributed by atoms with Crippen LogP contribution >= 0.6 is 0 Å². The van der Waals surface area contributed by atoms with Crippen LogP contribution in [0.15, 0.2) is 47.4 Å². The molecule has 7 rings (SSSR count). The van der Waals surface area contributed by atoms with Crippen LogP contribution in [-0.4, -0.2) is 15.0 Å². The molecule has 0 unspecified atom stereocenters. The lowest BCUT2D eigenvalue weighted by Crippen LogP contribution is -2.32. The maximum absolute atomic E-state index is 14.5. The number of rotatable bonds is 3. The molecule has 3 aliphatic heterocycles. The predicted molar refractivity (Wildman–Crippen MR) is 144 cm³/mol. The molecule has 0 spiro atoms. The Morgan fingerprint density at radius 1 is 0.389 bits per heavy atom. The fourth-order valence-electron chi connectivity index (χ4n) is 4.78. The number of hydrogen-bond donors (Lipinski definition) is 0. The van der Waals surface area contributed by atoms with Crippen LogP contribution in [0.2, 0.25) is 0 Å². The third-order valence-corrected chi connectivity index (χ3v) is 7.25. The summed E-state index contributed by atoms with van der Waals surface area (Å²) in [4.78, 5) is 35.2. The van der Waals surface area contributed by atoms with Crippen molar-refractivity contribution in [3.05, 3.63) is 148 Å². The van der Waals surface area contributed by atoms with E-state index in [2.05, 4.69) is 49.8 Å². The highest BCUT2D eigenvalue weighted by Crippen LogP contribution is 2.27. The van der Waals surface area contributed by atoms with Crippen LogP contribution in [-0.2, 0) is 0 Å². The van der Waals surface area contributed by atoms with Crippen molar-refractivity contribution in [3.63, 3.8) is 0 Å². The Bertz CT molecular complexity index is 2680. The molecule has 264 valence electrons. The lowest BCUT2D eigenvalue weighted by Gasteiger charge is -2.07. The standard InChI is InChI=1S/C30F12N12/c1-45-24(29-50-22-16(41)10(35)11(36)17(42)23(22)51-29)30-53-27(4(2-43)25-46-18-12(37)6(31)7(32)13(38)19(18)47-25)52-28(54-30)5(3-44)26-48-20-14(39)8(33)9(34)15(40)21(20)49-26. The van der Waals surface area contributed by atoms with E-state index in [1.165, 1.54) is 12.1 Å². The zero-order valence-electron chi connectivity index (χ0n) is 24.9. The first-order valence-corrected chi connectivity index (χ1v) is 13.7. The van der Waals surface area contributed by atoms with Gasteiger partial charge in [0.25, 0.3) is 5.70 Å². The van der Waals surface area contributed by atoms with Crippen molar-refractivity contribution in [3.8, 4) is 12.1 Å². The first-order chi connectivity index (χ1) is 25.6. The fourth-order valence-corrected chi connectivity index (χ4v) is 4.78. The lowest BCUT2D eigenvalue weighted by atomic mass is 10.2. The van der Waals surface area contributed by atoms with E-state index in [9.17, 15) is 63.2 Å². The van der Waals surface area contributed by atoms with Crippen molar-refractivity contribution >= 4 is 16.8 Å². The molecule has 1 aromatic heterocycles. The van der Waals surface area contributed by atoms with Crippen LogP contribution in [0.5, 0.6) is 0 Å². The number of allylic oxidation sites excluding steroid dienone is 2. The van der Waals surface area contributed by atoms with Crippen molar-refractivity contribution < 1.29 is 52.7 Å². The average molecular weight is 756 g/mol. The number of nitriles is 2. The van der Waals surface area contributed by atoms with Crippen LogP contribution in [0.4, 0.5) is 52.7 Å². The Morgan fingerprint density at radius 3 is 0.870 bits per heavy atom. The van der Waals surface area contributed by atoms with Crippen LogP contribution in [0.1, 0.15) is 17.5 Å². The Hall–Kier alpha value is -7.68. The van der Waals surface area contributed by atoms with Gasteiger partial charge in [-0.2, -0.15) is 10.5 Å². The van der Waals surface area contributed by atoms with E-state index in [4.69, 9.17) is 6.57 Å². The summed E-state index contributed by atoms with van der Waals surface area (Å²) in [5.41, 5.74) is -3.22. The summed E-state index contributed by atoms with van der Waals surface area (Å²) in [6, 6.07) is 2.82. The van der Waals surface area contributed by atoms with Gasteiger partial charge in [0.2, 0.25) is 0 Å². The summed E-state index contributed by atoms with van der Waals surface area (Å²) in [6.07, 6.45) is 0. The second-order valence-corrected chi connectivity index (χ2v) is 10.2. The first-order valence-electron chi connectivity index (χ1n) is 13.7. The summed E-state index contributed by atoms with van der Waals surface area (Å²) in [5.74, 6) is -32.6. The van der Waals surface area contributed by atoms with Gasteiger partial charge in [-0.1, -0.05) is 0 Å². The minimum absolute atomic E-state index is 1.06. The van der Waals surface area contributed by atoms with E-state index < -0.39 is 154 Å². The lowest BCUT2D eigenvalue weighted by molar-refractivity contribution is 0.399. The van der Waals surface area contributed by atoms with E-state index in [1.54, 1.807) is 0 Å². The minimum Gasteiger partial charge on any atom is -0.235 e. The molecule has 0 fully saturated rings. The van der Waals surface area contributed by atoms with Crippen molar-refractivity contribution in [2.75, 3.05) is 0 Å². The number of nitrogens with zero attached hydrogens (tertiary/aromatic N) is 12. The molecule has 0 N–H and O–H groups in total. The molecule has 0 saturated heterocycles. The van der Waals surface area contributed by atoms with Gasteiger partial charge >= 0.3 is 0 Å². The first kappa shape index (κ1) is 34.8. The molecule has 3 aromatic carbocycles. The van der Waals surface area contributed by atoms with E-state index in [0.717, 1.165) is 0 Å². The molecule has 0 radical (unpaired) electrons. The molecule has 4 heterocycles. The van der Waals surface area contributed by atoms with Crippen LogP contribution in [0.3, 0.4) is 0 Å². The average Bonchev–Trinajstić information content (AvgIpc) is 3.92. The normalized spacial score (nSPS) is 13.2. The van der Waals surface area contributed by atoms with Crippen molar-refractivity contribution in [2.45, 2.75) is 0 Å². The topological polar surface area (TPSA) is 165 Å². The summed E-state index contributed by atoms with van der Waals surface area (Å²) in [6.45, 7) is 7.66. The molecular weight excluding hydrogens is 756 g/mol. The van der Waals surface area contributed by atoms with E-state index >= 15 is 0 Å². The Morgan fingerprint density at radius 2 is 0.630 bits per heavy atom. The molecule has 0 bridgehead atoms. The monoisotopic (exact) mass is 756 g/mol. The molecule has 24 heteroatoms. The number of halogens is 12. The van der Waals surface area contributed by atoms with Gasteiger partial charge in [-0.15, -0.1) is 0 Å². The van der Waals surface area contributed by atoms with Crippen LogP contribution < -0.4 is 32.1 Å². The second kappa shape index (κ2) is 12.2. The maximum Gasteiger partial charge on any atom is 0.274 e. The third-order valence-electron chi connectivity index (χ3n) is 7.25. The minimum atomic E-state index is -2.32.